The molecule has 5 N–H and O–H groups in total. The summed E-state index contributed by atoms with van der Waals surface area (Å²) in [6.45, 7) is 2.79. The van der Waals surface area contributed by atoms with E-state index in [2.05, 4.69) is 10.4 Å². The number of rotatable bonds is 4. The Morgan fingerprint density at radius 2 is 2.28 bits per heavy atom. The molecule has 2 rings (SSSR count). The molecule has 6 heteroatoms. The average Bonchev–Trinajstić information content (AvgIpc) is 2.79. The number of amides is 1. The number of nitrogens with one attached hydrogen (secondary N) is 1. The molecule has 0 saturated carbocycles. The number of anilines is 3. The zero-order valence-electron chi connectivity index (χ0n) is 10.1. The minimum Gasteiger partial charge on any atom is -0.397 e. The standard InChI is InChI=1S/C12H15N5O/c1-2-17-7-9(6-15-17)16-11-5-8(12(14)18)3-4-10(11)13/h3-7,16H,2,13H2,1H3,(H2,14,18). The van der Waals surface area contributed by atoms with Crippen LogP contribution in [0.25, 0.3) is 0 Å². The monoisotopic (exact) mass is 245 g/mol. The Morgan fingerprint density at radius 3 is 2.89 bits per heavy atom. The number of hydrogen-bond acceptors (Lipinski definition) is 4. The van der Waals surface area contributed by atoms with Gasteiger partial charge in [-0.25, -0.2) is 0 Å². The highest BCUT2D eigenvalue weighted by atomic mass is 16.1. The van der Waals surface area contributed by atoms with Gasteiger partial charge in [-0.15, -0.1) is 0 Å². The first-order chi connectivity index (χ1) is 8.60. The summed E-state index contributed by atoms with van der Waals surface area (Å²) in [6, 6.07) is 4.87. The maximum atomic E-state index is 11.1. The average molecular weight is 245 g/mol. The molecule has 1 aromatic carbocycles. The van der Waals surface area contributed by atoms with Gasteiger partial charge in [0.25, 0.3) is 0 Å². The Balaban J connectivity index is 2.27. The van der Waals surface area contributed by atoms with Crippen LogP contribution in [0.5, 0.6) is 0 Å². The van der Waals surface area contributed by atoms with Crippen molar-refractivity contribution in [2.24, 2.45) is 5.73 Å². The Morgan fingerprint density at radius 1 is 1.50 bits per heavy atom. The summed E-state index contributed by atoms with van der Waals surface area (Å²) in [6.07, 6.45) is 3.55. The number of primary amides is 1. The molecular weight excluding hydrogens is 230 g/mol. The van der Waals surface area contributed by atoms with Crippen LogP contribution >= 0.6 is 0 Å². The molecule has 0 aliphatic carbocycles. The molecule has 0 unspecified atom stereocenters. The number of aryl methyl sites for hydroxylation is 1. The summed E-state index contributed by atoms with van der Waals surface area (Å²) in [5, 5.41) is 7.25. The van der Waals surface area contributed by atoms with Gasteiger partial charge in [-0.05, 0) is 25.1 Å². The number of nitrogens with zero attached hydrogens (tertiary/aromatic N) is 2. The van der Waals surface area contributed by atoms with Crippen LogP contribution in [0.1, 0.15) is 17.3 Å². The fourth-order valence-corrected chi connectivity index (χ4v) is 1.57. The van der Waals surface area contributed by atoms with E-state index in [1.165, 1.54) is 0 Å². The number of nitrogen functional groups attached to an aromatic ring is 1. The third kappa shape index (κ3) is 2.42. The minimum absolute atomic E-state index is 0.412. The van der Waals surface area contributed by atoms with Crippen LogP contribution in [-0.4, -0.2) is 15.7 Å². The Bertz CT molecular complexity index is 576. The largest absolute Gasteiger partial charge is 0.397 e. The number of nitrogens with two attached hydrogens (primary N) is 2. The summed E-state index contributed by atoms with van der Waals surface area (Å²) < 4.78 is 1.79. The summed E-state index contributed by atoms with van der Waals surface area (Å²) >= 11 is 0. The molecule has 2 aromatic rings. The lowest BCUT2D eigenvalue weighted by Crippen LogP contribution is -2.11. The molecule has 1 heterocycles. The molecular formula is C12H15N5O. The van der Waals surface area contributed by atoms with Crippen LogP contribution in [0.4, 0.5) is 17.1 Å². The highest BCUT2D eigenvalue weighted by Crippen LogP contribution is 2.24. The second-order valence-electron chi connectivity index (χ2n) is 3.88. The molecule has 0 saturated heterocycles. The second-order valence-corrected chi connectivity index (χ2v) is 3.88. The van der Waals surface area contributed by atoms with E-state index in [1.807, 2.05) is 13.1 Å². The van der Waals surface area contributed by atoms with Gasteiger partial charge < -0.3 is 16.8 Å². The molecule has 6 nitrogen and oxygen atoms in total. The van der Waals surface area contributed by atoms with E-state index in [0.717, 1.165) is 12.2 Å². The zero-order valence-corrected chi connectivity index (χ0v) is 10.1. The predicted octanol–water partition coefficient (Wildman–Crippen LogP) is 1.33. The zero-order chi connectivity index (χ0) is 13.1. The van der Waals surface area contributed by atoms with Gasteiger partial charge in [-0.1, -0.05) is 0 Å². The van der Waals surface area contributed by atoms with Gasteiger partial charge in [-0.3, -0.25) is 9.48 Å². The van der Waals surface area contributed by atoms with Crippen LogP contribution < -0.4 is 16.8 Å². The number of carbonyl (C=O) groups excluding carboxylic acids is 1. The maximum absolute atomic E-state index is 11.1. The first-order valence-corrected chi connectivity index (χ1v) is 5.59. The molecule has 0 spiro atoms. The number of hydrogen-bond donors (Lipinski definition) is 3. The van der Waals surface area contributed by atoms with Gasteiger partial charge in [0.05, 0.1) is 23.3 Å². The van der Waals surface area contributed by atoms with Crippen molar-refractivity contribution in [1.82, 2.24) is 9.78 Å². The maximum Gasteiger partial charge on any atom is 0.248 e. The number of carbonyl (C=O) groups is 1. The topological polar surface area (TPSA) is 99.0 Å². The van der Waals surface area contributed by atoms with Crippen molar-refractivity contribution < 1.29 is 4.79 Å². The molecule has 1 amide bonds. The van der Waals surface area contributed by atoms with Crippen LogP contribution in [0, 0.1) is 0 Å². The smallest absolute Gasteiger partial charge is 0.248 e. The highest BCUT2D eigenvalue weighted by Gasteiger charge is 2.06. The SMILES string of the molecule is CCn1cc(Nc2cc(C(N)=O)ccc2N)cn1. The lowest BCUT2D eigenvalue weighted by Gasteiger charge is -2.08. The van der Waals surface area contributed by atoms with Gasteiger partial charge in [0.1, 0.15) is 0 Å². The van der Waals surface area contributed by atoms with Crippen LogP contribution in [0.3, 0.4) is 0 Å². The van der Waals surface area contributed by atoms with Crippen molar-refractivity contribution in [3.05, 3.63) is 36.2 Å². The highest BCUT2D eigenvalue weighted by molar-refractivity contribution is 5.95. The van der Waals surface area contributed by atoms with Crippen LogP contribution in [-0.2, 0) is 6.54 Å². The lowest BCUT2D eigenvalue weighted by molar-refractivity contribution is 0.100. The summed E-state index contributed by atoms with van der Waals surface area (Å²) in [4.78, 5) is 11.1. The van der Waals surface area contributed by atoms with E-state index in [4.69, 9.17) is 11.5 Å². The Kier molecular flexibility index (Phi) is 3.18. The molecule has 18 heavy (non-hydrogen) atoms. The van der Waals surface area contributed by atoms with Crippen molar-refractivity contribution in [3.8, 4) is 0 Å². The second kappa shape index (κ2) is 4.79. The first kappa shape index (κ1) is 12.0. The summed E-state index contributed by atoms with van der Waals surface area (Å²) in [7, 11) is 0. The third-order valence-electron chi connectivity index (χ3n) is 2.57. The van der Waals surface area contributed by atoms with Crippen LogP contribution in [0.15, 0.2) is 30.6 Å². The van der Waals surface area contributed by atoms with Gasteiger partial charge in [0.15, 0.2) is 0 Å². The van der Waals surface area contributed by atoms with Crippen molar-refractivity contribution in [2.75, 3.05) is 11.1 Å². The molecule has 0 bridgehead atoms. The molecule has 1 aromatic heterocycles. The van der Waals surface area contributed by atoms with Gasteiger partial charge in [0, 0.05) is 18.3 Å². The minimum atomic E-state index is -0.484. The molecule has 94 valence electrons. The van der Waals surface area contributed by atoms with Crippen molar-refractivity contribution in [3.63, 3.8) is 0 Å². The number of benzene rings is 1. The Labute approximate surface area is 105 Å². The normalized spacial score (nSPS) is 10.3. The molecule has 0 atom stereocenters. The molecule has 0 radical (unpaired) electrons. The van der Waals surface area contributed by atoms with E-state index < -0.39 is 5.91 Å². The van der Waals surface area contributed by atoms with E-state index in [9.17, 15) is 4.79 Å². The summed E-state index contributed by atoms with van der Waals surface area (Å²) in [5.41, 5.74) is 13.5. The quantitative estimate of drug-likeness (QED) is 0.707. The third-order valence-corrected chi connectivity index (χ3v) is 2.57. The van der Waals surface area contributed by atoms with Gasteiger partial charge >= 0.3 is 0 Å². The van der Waals surface area contributed by atoms with Gasteiger partial charge in [0.2, 0.25) is 5.91 Å². The van der Waals surface area contributed by atoms with Crippen LogP contribution in [0.2, 0.25) is 0 Å². The van der Waals surface area contributed by atoms with E-state index in [0.29, 0.717) is 16.9 Å². The Hall–Kier alpha value is -2.50. The predicted molar refractivity (Wildman–Crippen MR) is 70.6 cm³/mol. The molecule has 0 fully saturated rings. The fourth-order valence-electron chi connectivity index (χ4n) is 1.57. The van der Waals surface area contributed by atoms with E-state index >= 15 is 0 Å². The molecule has 0 aliphatic heterocycles. The first-order valence-electron chi connectivity index (χ1n) is 5.59. The van der Waals surface area contributed by atoms with E-state index in [1.54, 1.807) is 29.1 Å². The van der Waals surface area contributed by atoms with Crippen molar-refractivity contribution >= 4 is 23.0 Å². The van der Waals surface area contributed by atoms with Crippen molar-refractivity contribution in [1.29, 1.82) is 0 Å². The van der Waals surface area contributed by atoms with E-state index in [-0.39, 0.29) is 0 Å². The summed E-state index contributed by atoms with van der Waals surface area (Å²) in [5.74, 6) is -0.484. The van der Waals surface area contributed by atoms with Crippen molar-refractivity contribution in [2.45, 2.75) is 13.5 Å². The van der Waals surface area contributed by atoms with Gasteiger partial charge in [-0.2, -0.15) is 5.10 Å². The lowest BCUT2D eigenvalue weighted by atomic mass is 10.1. The number of aromatic nitrogens is 2. The molecule has 0 aliphatic rings. The fraction of sp³-hybridized carbons (Fsp3) is 0.167.